The number of carbonyl (C=O) groups is 1. The Bertz CT molecular complexity index is 1690. The molecular weight excluding hydrogens is 506 g/mol. The summed E-state index contributed by atoms with van der Waals surface area (Å²) in [7, 11) is -3.50. The molecule has 1 aliphatic carbocycles. The number of benzene rings is 3. The van der Waals surface area contributed by atoms with Crippen molar-refractivity contribution in [2.75, 3.05) is 6.26 Å². The van der Waals surface area contributed by atoms with E-state index in [1.807, 2.05) is 24.4 Å². The van der Waals surface area contributed by atoms with Crippen molar-refractivity contribution in [2.24, 2.45) is 5.92 Å². The summed E-state index contributed by atoms with van der Waals surface area (Å²) in [6.45, 7) is 0. The van der Waals surface area contributed by atoms with Crippen LogP contribution in [0.25, 0.3) is 11.3 Å². The van der Waals surface area contributed by atoms with Gasteiger partial charge in [-0.1, -0.05) is 30.3 Å². The van der Waals surface area contributed by atoms with Crippen LogP contribution in [-0.4, -0.2) is 35.1 Å². The molecule has 0 unspecified atom stereocenters. The smallest absolute Gasteiger partial charge is 0.338 e. The van der Waals surface area contributed by atoms with Crippen LogP contribution in [0.3, 0.4) is 0 Å². The predicted octanol–water partition coefficient (Wildman–Crippen LogP) is 4.93. The monoisotopic (exact) mass is 529 g/mol. The van der Waals surface area contributed by atoms with E-state index in [1.54, 1.807) is 24.5 Å². The standard InChI is InChI=1S/C28H23N3O6S/c1-38(35,36)20-12-8-17-9-13-23(26-22-5-3-2-4-21(22)25-15-29-16-30(25)26)27(24(17)14-20)37-28(32)18-6-10-19(11-7-18)31(33)34/h2-8,10-12,14-16,23,26-27H,9,13H2,1H3/t23-,26+,27-/m0/s1. The zero-order valence-electron chi connectivity index (χ0n) is 20.4. The first kappa shape index (κ1) is 24.1. The largest absolute Gasteiger partial charge is 0.453 e. The van der Waals surface area contributed by atoms with E-state index in [4.69, 9.17) is 4.74 Å². The quantitative estimate of drug-likeness (QED) is 0.204. The Morgan fingerprint density at radius 3 is 2.58 bits per heavy atom. The van der Waals surface area contributed by atoms with Gasteiger partial charge in [-0.2, -0.15) is 0 Å². The molecular formula is C28H23N3O6S. The topological polar surface area (TPSA) is 121 Å². The predicted molar refractivity (Wildman–Crippen MR) is 138 cm³/mol. The van der Waals surface area contributed by atoms with Crippen molar-refractivity contribution >= 4 is 21.5 Å². The molecule has 0 saturated heterocycles. The molecule has 2 aliphatic rings. The van der Waals surface area contributed by atoms with E-state index in [0.29, 0.717) is 18.4 Å². The van der Waals surface area contributed by atoms with E-state index in [9.17, 15) is 23.3 Å². The average Bonchev–Trinajstić information content (AvgIpc) is 3.49. The molecule has 3 aromatic carbocycles. The van der Waals surface area contributed by atoms with E-state index < -0.39 is 26.8 Å². The Kier molecular flexibility index (Phi) is 5.64. The summed E-state index contributed by atoms with van der Waals surface area (Å²) in [5.41, 5.74) is 4.76. The number of aromatic nitrogens is 2. The number of aryl methyl sites for hydroxylation is 1. The molecule has 9 nitrogen and oxygen atoms in total. The lowest BCUT2D eigenvalue weighted by molar-refractivity contribution is -0.384. The van der Waals surface area contributed by atoms with Crippen LogP contribution in [0.2, 0.25) is 0 Å². The number of nitrogens with zero attached hydrogens (tertiary/aromatic N) is 3. The number of sulfone groups is 1. The molecule has 6 rings (SSSR count). The summed E-state index contributed by atoms with van der Waals surface area (Å²) in [5.74, 6) is -0.847. The normalized spacial score (nSPS) is 19.8. The van der Waals surface area contributed by atoms with Gasteiger partial charge in [0.05, 0.1) is 39.6 Å². The molecule has 3 atom stereocenters. The third-order valence-corrected chi connectivity index (χ3v) is 8.57. The number of non-ortho nitro benzene ring substituents is 1. The number of rotatable bonds is 5. The second-order valence-electron chi connectivity index (χ2n) is 9.68. The Morgan fingerprint density at radius 1 is 1.08 bits per heavy atom. The summed E-state index contributed by atoms with van der Waals surface area (Å²) >= 11 is 0. The van der Waals surface area contributed by atoms with Crippen LogP contribution in [0.1, 0.15) is 45.6 Å². The molecule has 2 heterocycles. The maximum Gasteiger partial charge on any atom is 0.338 e. The number of ether oxygens (including phenoxy) is 1. The van der Waals surface area contributed by atoms with E-state index in [2.05, 4.69) is 15.6 Å². The minimum Gasteiger partial charge on any atom is -0.453 e. The first-order chi connectivity index (χ1) is 18.2. The van der Waals surface area contributed by atoms with Crippen molar-refractivity contribution in [3.05, 3.63) is 112 Å². The molecule has 1 aromatic heterocycles. The third-order valence-electron chi connectivity index (χ3n) is 7.46. The third kappa shape index (κ3) is 3.97. The van der Waals surface area contributed by atoms with Crippen LogP contribution in [-0.2, 0) is 21.0 Å². The number of carbonyl (C=O) groups excluding carboxylic acids is 1. The van der Waals surface area contributed by atoms with Crippen LogP contribution >= 0.6 is 0 Å². The molecule has 0 N–H and O–H groups in total. The summed E-state index contributed by atoms with van der Waals surface area (Å²) in [6, 6.07) is 18.1. The number of imidazole rings is 1. The Labute approximate surface area is 218 Å². The Hall–Kier alpha value is -4.31. The van der Waals surface area contributed by atoms with Crippen molar-refractivity contribution in [2.45, 2.75) is 29.9 Å². The van der Waals surface area contributed by atoms with Crippen molar-refractivity contribution in [3.8, 4) is 11.3 Å². The zero-order valence-corrected chi connectivity index (χ0v) is 21.2. The van der Waals surface area contributed by atoms with Gasteiger partial charge in [-0.3, -0.25) is 10.1 Å². The van der Waals surface area contributed by atoms with Crippen molar-refractivity contribution in [3.63, 3.8) is 0 Å². The summed E-state index contributed by atoms with van der Waals surface area (Å²) < 4.78 is 33.1. The van der Waals surface area contributed by atoms with Gasteiger partial charge in [0, 0.05) is 29.9 Å². The summed E-state index contributed by atoms with van der Waals surface area (Å²) in [4.78, 5) is 28.4. The maximum absolute atomic E-state index is 13.4. The fourth-order valence-corrected chi connectivity index (χ4v) is 6.34. The highest BCUT2D eigenvalue weighted by molar-refractivity contribution is 7.90. The number of hydrogen-bond donors (Lipinski definition) is 0. The molecule has 192 valence electrons. The van der Waals surface area contributed by atoms with Gasteiger partial charge < -0.3 is 9.30 Å². The van der Waals surface area contributed by atoms with Gasteiger partial charge in [-0.05, 0) is 53.8 Å². The van der Waals surface area contributed by atoms with Crippen LogP contribution in [0, 0.1) is 16.0 Å². The number of esters is 1. The fraction of sp³-hybridized carbons (Fsp3) is 0.214. The van der Waals surface area contributed by atoms with Crippen LogP contribution in [0.5, 0.6) is 0 Å². The van der Waals surface area contributed by atoms with Crippen molar-refractivity contribution in [1.29, 1.82) is 0 Å². The van der Waals surface area contributed by atoms with Gasteiger partial charge in [-0.15, -0.1) is 0 Å². The van der Waals surface area contributed by atoms with E-state index in [-0.39, 0.29) is 28.1 Å². The second-order valence-corrected chi connectivity index (χ2v) is 11.7. The Balaban J connectivity index is 1.45. The number of nitro benzene ring substituents is 1. The van der Waals surface area contributed by atoms with Crippen molar-refractivity contribution in [1.82, 2.24) is 9.55 Å². The molecule has 4 aromatic rings. The number of fused-ring (bicyclic) bond motifs is 4. The first-order valence-electron chi connectivity index (χ1n) is 12.1. The minimum atomic E-state index is -3.50. The molecule has 0 radical (unpaired) electrons. The lowest BCUT2D eigenvalue weighted by Gasteiger charge is -2.37. The lowest BCUT2D eigenvalue weighted by atomic mass is 9.75. The van der Waals surface area contributed by atoms with Gasteiger partial charge in [0.15, 0.2) is 9.84 Å². The molecule has 10 heteroatoms. The summed E-state index contributed by atoms with van der Waals surface area (Å²) in [5, 5.41) is 11.1. The van der Waals surface area contributed by atoms with Crippen molar-refractivity contribution < 1.29 is 22.9 Å². The average molecular weight is 530 g/mol. The molecule has 0 amide bonds. The SMILES string of the molecule is CS(=O)(=O)c1ccc2c(c1)[C@@H](OC(=O)c1ccc([N+](=O)[O-])cc1)[C@H]([C@H]1c3ccccc3-c3cncn31)CC2. The summed E-state index contributed by atoms with van der Waals surface area (Å²) in [6.07, 6.45) is 5.37. The highest BCUT2D eigenvalue weighted by Gasteiger charge is 2.43. The number of nitro groups is 1. The van der Waals surface area contributed by atoms with Gasteiger partial charge >= 0.3 is 5.97 Å². The van der Waals surface area contributed by atoms with Crippen LogP contribution in [0.15, 0.2) is 84.1 Å². The minimum absolute atomic E-state index is 0.129. The maximum atomic E-state index is 13.4. The van der Waals surface area contributed by atoms with E-state index >= 15 is 0 Å². The van der Waals surface area contributed by atoms with E-state index in [1.165, 1.54) is 24.3 Å². The van der Waals surface area contributed by atoms with Crippen LogP contribution in [0.4, 0.5) is 5.69 Å². The molecule has 38 heavy (non-hydrogen) atoms. The van der Waals surface area contributed by atoms with Crippen LogP contribution < -0.4 is 0 Å². The lowest BCUT2D eigenvalue weighted by Crippen LogP contribution is -2.32. The molecule has 1 aliphatic heterocycles. The first-order valence-corrected chi connectivity index (χ1v) is 14.0. The molecule has 0 spiro atoms. The molecule has 0 saturated carbocycles. The zero-order chi connectivity index (χ0) is 26.6. The number of hydrogen-bond acceptors (Lipinski definition) is 7. The Morgan fingerprint density at radius 2 is 1.84 bits per heavy atom. The second kappa shape index (κ2) is 8.91. The van der Waals surface area contributed by atoms with Gasteiger partial charge in [0.25, 0.3) is 5.69 Å². The van der Waals surface area contributed by atoms with E-state index in [0.717, 1.165) is 28.6 Å². The highest BCUT2D eigenvalue weighted by Crippen LogP contribution is 2.51. The van der Waals surface area contributed by atoms with Gasteiger partial charge in [0.1, 0.15) is 6.10 Å². The van der Waals surface area contributed by atoms with Gasteiger partial charge in [0.2, 0.25) is 0 Å². The fourth-order valence-electron chi connectivity index (χ4n) is 5.69. The molecule has 0 bridgehead atoms. The molecule has 0 fully saturated rings. The van der Waals surface area contributed by atoms with Gasteiger partial charge in [-0.25, -0.2) is 18.2 Å². The highest BCUT2D eigenvalue weighted by atomic mass is 32.2.